The summed E-state index contributed by atoms with van der Waals surface area (Å²) < 4.78 is 11.6. The molecule has 2 aromatic rings. The second-order valence-electron chi connectivity index (χ2n) is 6.89. The highest BCUT2D eigenvalue weighted by Crippen LogP contribution is 2.31. The molecule has 6 heteroatoms. The Balaban J connectivity index is 1.73. The number of ether oxygens (including phenoxy) is 2. The zero-order valence-electron chi connectivity index (χ0n) is 15.7. The van der Waals surface area contributed by atoms with Crippen LogP contribution < -0.4 is 20.5 Å². The molecular formula is C21H27N3O3. The highest BCUT2D eigenvalue weighted by molar-refractivity contribution is 5.95. The summed E-state index contributed by atoms with van der Waals surface area (Å²) in [4.78, 5) is 16.8. The number of nitrogens with one attached hydrogen (secondary N) is 1. The van der Waals surface area contributed by atoms with E-state index in [1.807, 2.05) is 19.1 Å². The number of carbonyl (C=O) groups excluding carboxylic acids is 1. The van der Waals surface area contributed by atoms with Crippen LogP contribution in [0.25, 0.3) is 0 Å². The normalized spacial score (nSPS) is 15.3. The summed E-state index contributed by atoms with van der Waals surface area (Å²) in [6.07, 6.45) is 7.54. The quantitative estimate of drug-likeness (QED) is 0.747. The first-order valence-electron chi connectivity index (χ1n) is 9.47. The van der Waals surface area contributed by atoms with Gasteiger partial charge in [0, 0.05) is 30.1 Å². The van der Waals surface area contributed by atoms with Crippen LogP contribution in [0.1, 0.15) is 48.5 Å². The molecule has 0 saturated heterocycles. The maximum absolute atomic E-state index is 12.7. The molecule has 1 fully saturated rings. The second-order valence-corrected chi connectivity index (χ2v) is 6.89. The van der Waals surface area contributed by atoms with Crippen molar-refractivity contribution < 1.29 is 14.3 Å². The molecule has 3 N–H and O–H groups in total. The van der Waals surface area contributed by atoms with Gasteiger partial charge in [-0.05, 0) is 44.0 Å². The Hall–Kier alpha value is -2.60. The number of hydrogen-bond acceptors (Lipinski definition) is 5. The maximum Gasteiger partial charge on any atom is 0.251 e. The highest BCUT2D eigenvalue weighted by Gasteiger charge is 2.34. The highest BCUT2D eigenvalue weighted by atomic mass is 16.5. The van der Waals surface area contributed by atoms with E-state index < -0.39 is 0 Å². The molecule has 1 saturated carbocycles. The van der Waals surface area contributed by atoms with Crippen molar-refractivity contribution in [3.8, 4) is 11.5 Å². The van der Waals surface area contributed by atoms with Crippen LogP contribution in [0.5, 0.6) is 11.5 Å². The van der Waals surface area contributed by atoms with E-state index in [4.69, 9.17) is 15.2 Å². The number of rotatable bonds is 8. The Morgan fingerprint density at radius 1 is 1.22 bits per heavy atom. The number of nitrogens with zero attached hydrogens (tertiary/aromatic N) is 1. The Morgan fingerprint density at radius 2 is 2.04 bits per heavy atom. The minimum atomic E-state index is -0.279. The van der Waals surface area contributed by atoms with Gasteiger partial charge in [-0.1, -0.05) is 18.9 Å². The standard InChI is InChI=1S/C21H27N3O3/c1-2-26-19-12-17(20(25)24-21(15-22)9-3-4-10-21)7-8-18(19)27-14-16-6-5-11-23-13-16/h5-8,11-13H,2-4,9-10,14-15,22H2,1H3,(H,24,25). The summed E-state index contributed by atoms with van der Waals surface area (Å²) in [6.45, 7) is 3.24. The largest absolute Gasteiger partial charge is 0.490 e. The summed E-state index contributed by atoms with van der Waals surface area (Å²) >= 11 is 0. The molecule has 1 amide bonds. The van der Waals surface area contributed by atoms with Crippen molar-refractivity contribution in [1.29, 1.82) is 0 Å². The molecule has 0 spiro atoms. The zero-order chi connectivity index (χ0) is 19.1. The van der Waals surface area contributed by atoms with E-state index in [1.165, 1.54) is 0 Å². The minimum Gasteiger partial charge on any atom is -0.490 e. The molecule has 0 unspecified atom stereocenters. The summed E-state index contributed by atoms with van der Waals surface area (Å²) in [6, 6.07) is 9.08. The molecule has 0 radical (unpaired) electrons. The molecule has 6 nitrogen and oxygen atoms in total. The molecule has 1 aromatic carbocycles. The van der Waals surface area contributed by atoms with Crippen molar-refractivity contribution in [1.82, 2.24) is 10.3 Å². The van der Waals surface area contributed by atoms with Gasteiger partial charge in [-0.3, -0.25) is 9.78 Å². The monoisotopic (exact) mass is 369 g/mol. The van der Waals surface area contributed by atoms with Crippen molar-refractivity contribution in [2.75, 3.05) is 13.2 Å². The van der Waals surface area contributed by atoms with Crippen molar-refractivity contribution in [3.05, 3.63) is 53.9 Å². The average molecular weight is 369 g/mol. The number of carbonyl (C=O) groups is 1. The van der Waals surface area contributed by atoms with E-state index >= 15 is 0 Å². The Bertz CT molecular complexity index is 759. The zero-order valence-corrected chi connectivity index (χ0v) is 15.7. The van der Waals surface area contributed by atoms with Crippen LogP contribution in [0, 0.1) is 0 Å². The SMILES string of the molecule is CCOc1cc(C(=O)NC2(CN)CCCC2)ccc1OCc1cccnc1. The van der Waals surface area contributed by atoms with E-state index in [0.717, 1.165) is 31.2 Å². The Labute approximate surface area is 160 Å². The van der Waals surface area contributed by atoms with Gasteiger partial charge in [0.2, 0.25) is 0 Å². The van der Waals surface area contributed by atoms with Gasteiger partial charge in [-0.15, -0.1) is 0 Å². The van der Waals surface area contributed by atoms with Crippen LogP contribution in [-0.4, -0.2) is 29.6 Å². The fourth-order valence-corrected chi connectivity index (χ4v) is 3.43. The molecular weight excluding hydrogens is 342 g/mol. The van der Waals surface area contributed by atoms with Crippen molar-refractivity contribution >= 4 is 5.91 Å². The molecule has 0 aliphatic heterocycles. The molecule has 1 aliphatic rings. The minimum absolute atomic E-state index is 0.123. The van der Waals surface area contributed by atoms with Crippen LogP contribution in [-0.2, 0) is 6.61 Å². The van der Waals surface area contributed by atoms with Gasteiger partial charge in [-0.25, -0.2) is 0 Å². The lowest BCUT2D eigenvalue weighted by Crippen LogP contribution is -2.51. The van der Waals surface area contributed by atoms with Crippen molar-refractivity contribution in [2.45, 2.75) is 44.8 Å². The van der Waals surface area contributed by atoms with Crippen LogP contribution in [0.3, 0.4) is 0 Å². The van der Waals surface area contributed by atoms with E-state index in [1.54, 1.807) is 30.6 Å². The van der Waals surface area contributed by atoms with Crippen molar-refractivity contribution in [2.24, 2.45) is 5.73 Å². The van der Waals surface area contributed by atoms with Crippen molar-refractivity contribution in [3.63, 3.8) is 0 Å². The molecule has 144 valence electrons. The van der Waals surface area contributed by atoms with Crippen LogP contribution in [0.4, 0.5) is 0 Å². The predicted molar refractivity (Wildman–Crippen MR) is 104 cm³/mol. The number of amides is 1. The van der Waals surface area contributed by atoms with Crippen LogP contribution in [0.15, 0.2) is 42.7 Å². The first kappa shape index (κ1) is 19.2. The maximum atomic E-state index is 12.7. The fourth-order valence-electron chi connectivity index (χ4n) is 3.43. The first-order valence-corrected chi connectivity index (χ1v) is 9.47. The summed E-state index contributed by atoms with van der Waals surface area (Å²) in [5.41, 5.74) is 7.16. The molecule has 0 atom stereocenters. The lowest BCUT2D eigenvalue weighted by atomic mass is 9.97. The molecule has 0 bridgehead atoms. The lowest BCUT2D eigenvalue weighted by molar-refractivity contribution is 0.0902. The van der Waals surface area contributed by atoms with Gasteiger partial charge in [0.25, 0.3) is 5.91 Å². The third kappa shape index (κ3) is 4.77. The van der Waals surface area contributed by atoms with Crippen LogP contribution >= 0.6 is 0 Å². The molecule has 27 heavy (non-hydrogen) atoms. The first-order chi connectivity index (χ1) is 13.2. The number of pyridine rings is 1. The second kappa shape index (κ2) is 8.86. The molecule has 1 aliphatic carbocycles. The van der Waals surface area contributed by atoms with Gasteiger partial charge >= 0.3 is 0 Å². The Morgan fingerprint density at radius 3 is 2.70 bits per heavy atom. The third-order valence-electron chi connectivity index (χ3n) is 4.95. The fraction of sp³-hybridized carbons (Fsp3) is 0.429. The smallest absolute Gasteiger partial charge is 0.251 e. The summed E-state index contributed by atoms with van der Waals surface area (Å²) in [5, 5.41) is 3.14. The molecule has 1 heterocycles. The Kier molecular flexibility index (Phi) is 6.29. The average Bonchev–Trinajstić information content (AvgIpc) is 3.17. The van der Waals surface area contributed by atoms with Gasteiger partial charge in [-0.2, -0.15) is 0 Å². The lowest BCUT2D eigenvalue weighted by Gasteiger charge is -2.28. The number of nitrogens with two attached hydrogens (primary N) is 1. The van der Waals surface area contributed by atoms with E-state index in [9.17, 15) is 4.79 Å². The number of aromatic nitrogens is 1. The van der Waals surface area contributed by atoms with E-state index in [0.29, 0.717) is 36.8 Å². The van der Waals surface area contributed by atoms with E-state index in [-0.39, 0.29) is 11.4 Å². The van der Waals surface area contributed by atoms with E-state index in [2.05, 4.69) is 10.3 Å². The summed E-state index contributed by atoms with van der Waals surface area (Å²) in [7, 11) is 0. The molecule has 1 aromatic heterocycles. The van der Waals surface area contributed by atoms with Gasteiger partial charge in [0.15, 0.2) is 11.5 Å². The number of benzene rings is 1. The summed E-state index contributed by atoms with van der Waals surface area (Å²) in [5.74, 6) is 1.04. The van der Waals surface area contributed by atoms with Gasteiger partial charge in [0.05, 0.1) is 12.1 Å². The predicted octanol–water partition coefficient (Wildman–Crippen LogP) is 3.06. The molecule has 3 rings (SSSR count). The van der Waals surface area contributed by atoms with Crippen LogP contribution in [0.2, 0.25) is 0 Å². The topological polar surface area (TPSA) is 86.5 Å². The van der Waals surface area contributed by atoms with Gasteiger partial charge < -0.3 is 20.5 Å². The third-order valence-corrected chi connectivity index (χ3v) is 4.95. The number of hydrogen-bond donors (Lipinski definition) is 2. The van der Waals surface area contributed by atoms with Gasteiger partial charge in [0.1, 0.15) is 6.61 Å².